The van der Waals surface area contributed by atoms with Gasteiger partial charge in [-0.05, 0) is 25.3 Å². The summed E-state index contributed by atoms with van der Waals surface area (Å²) in [6, 6.07) is 10.1. The fourth-order valence-corrected chi connectivity index (χ4v) is 3.52. The van der Waals surface area contributed by atoms with Gasteiger partial charge >= 0.3 is 0 Å². The summed E-state index contributed by atoms with van der Waals surface area (Å²) >= 11 is 0. The number of piperidine rings is 1. The van der Waals surface area contributed by atoms with Crippen molar-refractivity contribution in [2.45, 2.75) is 26.3 Å². The molecule has 124 valence electrons. The Morgan fingerprint density at radius 3 is 2.52 bits per heavy atom. The number of rotatable bonds is 5. The Morgan fingerprint density at radius 1 is 1.22 bits per heavy atom. The summed E-state index contributed by atoms with van der Waals surface area (Å²) in [4.78, 5) is 28.3. The summed E-state index contributed by atoms with van der Waals surface area (Å²) in [5.74, 6) is 0.285. The predicted molar refractivity (Wildman–Crippen MR) is 86.6 cm³/mol. The van der Waals surface area contributed by atoms with Crippen LogP contribution in [0.15, 0.2) is 30.3 Å². The Balaban J connectivity index is 1.50. The van der Waals surface area contributed by atoms with E-state index in [1.807, 2.05) is 47.1 Å². The molecule has 2 fully saturated rings. The fourth-order valence-electron chi connectivity index (χ4n) is 3.52. The number of nitrogens with zero attached hydrogens (tertiary/aromatic N) is 2. The van der Waals surface area contributed by atoms with Gasteiger partial charge in [0.2, 0.25) is 11.8 Å². The van der Waals surface area contributed by atoms with Gasteiger partial charge in [0, 0.05) is 32.8 Å². The topological polar surface area (TPSA) is 49.9 Å². The lowest BCUT2D eigenvalue weighted by atomic mass is 9.71. The Labute approximate surface area is 137 Å². The number of benzene rings is 1. The molecular formula is C18H24N2O3. The second-order valence-electron chi connectivity index (χ2n) is 6.45. The molecule has 0 aliphatic carbocycles. The molecule has 0 aromatic heterocycles. The lowest BCUT2D eigenvalue weighted by molar-refractivity contribution is -0.168. The molecule has 1 aromatic rings. The van der Waals surface area contributed by atoms with Gasteiger partial charge in [0.1, 0.15) is 6.61 Å². The zero-order chi connectivity index (χ0) is 16.3. The minimum atomic E-state index is -0.225. The van der Waals surface area contributed by atoms with Gasteiger partial charge in [0.05, 0.1) is 5.41 Å². The monoisotopic (exact) mass is 316 g/mol. The minimum Gasteiger partial charge on any atom is -0.372 e. The SMILES string of the molecule is CCOCC(=O)N1CCC2(CC1)CN(Cc1ccccc1)C2=O. The van der Waals surface area contributed by atoms with Crippen molar-refractivity contribution < 1.29 is 14.3 Å². The molecule has 2 aliphatic heterocycles. The maximum Gasteiger partial charge on any atom is 0.248 e. The summed E-state index contributed by atoms with van der Waals surface area (Å²) < 4.78 is 5.18. The number of carbonyl (C=O) groups is 2. The lowest BCUT2D eigenvalue weighted by Gasteiger charge is -2.52. The van der Waals surface area contributed by atoms with Crippen LogP contribution in [-0.4, -0.2) is 54.5 Å². The third kappa shape index (κ3) is 3.24. The molecule has 0 unspecified atom stereocenters. The molecular weight excluding hydrogens is 292 g/mol. The van der Waals surface area contributed by atoms with E-state index in [2.05, 4.69) is 0 Å². The zero-order valence-electron chi connectivity index (χ0n) is 13.7. The first-order valence-electron chi connectivity index (χ1n) is 8.33. The standard InChI is InChI=1S/C18H24N2O3/c1-2-23-13-16(21)19-10-8-18(9-11-19)14-20(17(18)22)12-15-6-4-3-5-7-15/h3-7H,2,8-14H2,1H3. The van der Waals surface area contributed by atoms with E-state index in [9.17, 15) is 9.59 Å². The van der Waals surface area contributed by atoms with Crippen LogP contribution in [-0.2, 0) is 20.9 Å². The molecule has 0 bridgehead atoms. The first-order valence-corrected chi connectivity index (χ1v) is 8.33. The smallest absolute Gasteiger partial charge is 0.248 e. The molecule has 2 saturated heterocycles. The van der Waals surface area contributed by atoms with Crippen LogP contribution in [0, 0.1) is 5.41 Å². The van der Waals surface area contributed by atoms with Crippen LogP contribution >= 0.6 is 0 Å². The van der Waals surface area contributed by atoms with E-state index in [1.54, 1.807) is 0 Å². The van der Waals surface area contributed by atoms with Crippen LogP contribution in [0.5, 0.6) is 0 Å². The molecule has 1 aromatic carbocycles. The second kappa shape index (κ2) is 6.71. The van der Waals surface area contributed by atoms with Crippen molar-refractivity contribution in [1.82, 2.24) is 9.80 Å². The van der Waals surface area contributed by atoms with Crippen molar-refractivity contribution in [1.29, 1.82) is 0 Å². The molecule has 0 saturated carbocycles. The van der Waals surface area contributed by atoms with Crippen LogP contribution in [0.2, 0.25) is 0 Å². The highest BCUT2D eigenvalue weighted by Gasteiger charge is 2.53. The zero-order valence-corrected chi connectivity index (χ0v) is 13.7. The van der Waals surface area contributed by atoms with Crippen molar-refractivity contribution in [2.75, 3.05) is 32.8 Å². The largest absolute Gasteiger partial charge is 0.372 e. The Morgan fingerprint density at radius 2 is 1.91 bits per heavy atom. The second-order valence-corrected chi connectivity index (χ2v) is 6.45. The Bertz CT molecular complexity index is 565. The number of β-lactam (4-membered cyclic amide) rings is 1. The number of carbonyl (C=O) groups excluding carboxylic acids is 2. The predicted octanol–water partition coefficient (Wildman–Crippen LogP) is 1.67. The highest BCUT2D eigenvalue weighted by molar-refractivity contribution is 5.89. The number of hydrogen-bond acceptors (Lipinski definition) is 3. The van der Waals surface area contributed by atoms with Crippen molar-refractivity contribution in [2.24, 2.45) is 5.41 Å². The minimum absolute atomic E-state index is 0.0367. The number of ether oxygens (including phenoxy) is 1. The highest BCUT2D eigenvalue weighted by atomic mass is 16.5. The molecule has 0 radical (unpaired) electrons. The first kappa shape index (κ1) is 16.0. The molecule has 23 heavy (non-hydrogen) atoms. The van der Waals surface area contributed by atoms with Gasteiger partial charge in [-0.2, -0.15) is 0 Å². The van der Waals surface area contributed by atoms with Gasteiger partial charge in [0.15, 0.2) is 0 Å². The van der Waals surface area contributed by atoms with Gasteiger partial charge in [-0.15, -0.1) is 0 Å². The van der Waals surface area contributed by atoms with Crippen LogP contribution in [0.1, 0.15) is 25.3 Å². The van der Waals surface area contributed by atoms with E-state index in [-0.39, 0.29) is 23.8 Å². The normalized spacial score (nSPS) is 19.8. The van der Waals surface area contributed by atoms with Crippen molar-refractivity contribution >= 4 is 11.8 Å². The Kier molecular flexibility index (Phi) is 4.66. The molecule has 5 heteroatoms. The maximum absolute atomic E-state index is 12.6. The third-order valence-electron chi connectivity index (χ3n) is 4.95. The fraction of sp³-hybridized carbons (Fsp3) is 0.556. The van der Waals surface area contributed by atoms with Crippen molar-refractivity contribution in [3.63, 3.8) is 0 Å². The maximum atomic E-state index is 12.6. The quantitative estimate of drug-likeness (QED) is 0.777. The van der Waals surface area contributed by atoms with Gasteiger partial charge in [-0.3, -0.25) is 9.59 Å². The van der Waals surface area contributed by atoms with E-state index in [4.69, 9.17) is 4.74 Å². The summed E-state index contributed by atoms with van der Waals surface area (Å²) in [7, 11) is 0. The number of amides is 2. The summed E-state index contributed by atoms with van der Waals surface area (Å²) in [6.45, 7) is 5.41. The Hall–Kier alpha value is -1.88. The lowest BCUT2D eigenvalue weighted by Crippen LogP contribution is -2.64. The van der Waals surface area contributed by atoms with Crippen LogP contribution < -0.4 is 0 Å². The first-order chi connectivity index (χ1) is 11.1. The third-order valence-corrected chi connectivity index (χ3v) is 4.95. The van der Waals surface area contributed by atoms with E-state index < -0.39 is 0 Å². The molecule has 2 aliphatic rings. The van der Waals surface area contributed by atoms with Gasteiger partial charge in [-0.1, -0.05) is 30.3 Å². The molecule has 2 heterocycles. The molecule has 0 atom stereocenters. The van der Waals surface area contributed by atoms with Crippen LogP contribution in [0.25, 0.3) is 0 Å². The molecule has 0 N–H and O–H groups in total. The summed E-state index contributed by atoms with van der Waals surface area (Å²) in [5.41, 5.74) is 0.942. The van der Waals surface area contributed by atoms with E-state index in [0.29, 0.717) is 26.2 Å². The summed E-state index contributed by atoms with van der Waals surface area (Å²) in [5, 5.41) is 0. The molecule has 1 spiro atoms. The van der Waals surface area contributed by atoms with E-state index in [1.165, 1.54) is 5.56 Å². The average molecular weight is 316 g/mol. The van der Waals surface area contributed by atoms with Gasteiger partial charge in [-0.25, -0.2) is 0 Å². The van der Waals surface area contributed by atoms with Crippen LogP contribution in [0.3, 0.4) is 0 Å². The van der Waals surface area contributed by atoms with Gasteiger partial charge in [0.25, 0.3) is 0 Å². The van der Waals surface area contributed by atoms with E-state index >= 15 is 0 Å². The molecule has 3 rings (SSSR count). The average Bonchev–Trinajstić information content (AvgIpc) is 2.60. The van der Waals surface area contributed by atoms with E-state index in [0.717, 1.165) is 19.4 Å². The molecule has 2 amide bonds. The number of hydrogen-bond donors (Lipinski definition) is 0. The van der Waals surface area contributed by atoms with Crippen molar-refractivity contribution in [3.05, 3.63) is 35.9 Å². The van der Waals surface area contributed by atoms with Gasteiger partial charge < -0.3 is 14.5 Å². The van der Waals surface area contributed by atoms with Crippen LogP contribution in [0.4, 0.5) is 0 Å². The van der Waals surface area contributed by atoms with Crippen molar-refractivity contribution in [3.8, 4) is 0 Å². The molecule has 5 nitrogen and oxygen atoms in total. The highest BCUT2D eigenvalue weighted by Crippen LogP contribution is 2.42. The number of likely N-dealkylation sites (tertiary alicyclic amines) is 2. The summed E-state index contributed by atoms with van der Waals surface area (Å²) in [6.07, 6.45) is 1.55.